The molecule has 2 atom stereocenters. The van der Waals surface area contributed by atoms with Gasteiger partial charge in [0.15, 0.2) is 0 Å². The Balaban J connectivity index is 2.37. The van der Waals surface area contributed by atoms with Crippen molar-refractivity contribution in [2.24, 2.45) is 17.6 Å². The fraction of sp³-hybridized carbons (Fsp3) is 0.455. The molecule has 66 valence electrons. The smallest absolute Gasteiger partial charge is 0.0106 e. The average molecular weight is 163 g/mol. The highest BCUT2D eigenvalue weighted by atomic mass is 14.5. The summed E-state index contributed by atoms with van der Waals surface area (Å²) < 4.78 is 0. The molecule has 1 nitrogen and oxygen atoms in total. The molecule has 0 saturated carbocycles. The average Bonchev–Trinajstić information content (AvgIpc) is 2.09. The fourth-order valence-electron chi connectivity index (χ4n) is 1.41. The molecule has 0 fully saturated rings. The van der Waals surface area contributed by atoms with Crippen molar-refractivity contribution >= 4 is 0 Å². The Morgan fingerprint density at radius 1 is 1.25 bits per heavy atom. The molecule has 1 heteroatoms. The molecule has 0 amide bonds. The van der Waals surface area contributed by atoms with Gasteiger partial charge in [0.05, 0.1) is 0 Å². The highest BCUT2D eigenvalue weighted by molar-refractivity contribution is 5.14. The Morgan fingerprint density at radius 2 is 2.00 bits per heavy atom. The van der Waals surface area contributed by atoms with Crippen molar-refractivity contribution < 1.29 is 0 Å². The van der Waals surface area contributed by atoms with Crippen LogP contribution in [0.15, 0.2) is 36.5 Å². The maximum atomic E-state index is 5.36. The molecule has 0 aliphatic heterocycles. The maximum absolute atomic E-state index is 5.36. The van der Waals surface area contributed by atoms with Gasteiger partial charge in [0, 0.05) is 6.54 Å². The molecule has 0 bridgehead atoms. The summed E-state index contributed by atoms with van der Waals surface area (Å²) in [5, 5.41) is 0. The predicted molar refractivity (Wildman–Crippen MR) is 53.7 cm³/mol. The second-order valence-electron chi connectivity index (χ2n) is 3.24. The zero-order valence-electron chi connectivity index (χ0n) is 7.61. The van der Waals surface area contributed by atoms with E-state index in [0.29, 0.717) is 18.4 Å². The van der Waals surface area contributed by atoms with E-state index in [1.54, 1.807) is 0 Å². The minimum atomic E-state index is 0.653. The lowest BCUT2D eigenvalue weighted by Gasteiger charge is -2.18. The lowest BCUT2D eigenvalue weighted by molar-refractivity contribution is 0.512. The number of hydrogen-bond acceptors (Lipinski definition) is 1. The first-order valence-corrected chi connectivity index (χ1v) is 4.54. The molecule has 0 aromatic carbocycles. The summed E-state index contributed by atoms with van der Waals surface area (Å²) in [7, 11) is 0. The Hall–Kier alpha value is -0.820. The first kappa shape index (κ1) is 9.27. The third kappa shape index (κ3) is 2.67. The van der Waals surface area contributed by atoms with Crippen LogP contribution >= 0.6 is 0 Å². The topological polar surface area (TPSA) is 26.0 Å². The molecule has 0 spiro atoms. The van der Waals surface area contributed by atoms with Gasteiger partial charge in [0.1, 0.15) is 0 Å². The van der Waals surface area contributed by atoms with Gasteiger partial charge in [-0.15, -0.1) is 0 Å². The highest BCUT2D eigenvalue weighted by Crippen LogP contribution is 2.22. The van der Waals surface area contributed by atoms with Gasteiger partial charge in [-0.3, -0.25) is 0 Å². The van der Waals surface area contributed by atoms with Crippen molar-refractivity contribution in [3.63, 3.8) is 0 Å². The quantitative estimate of drug-likeness (QED) is 0.635. The molecule has 0 aromatic heterocycles. The zero-order chi connectivity index (χ0) is 8.81. The molecule has 1 aliphatic rings. The van der Waals surface area contributed by atoms with Crippen molar-refractivity contribution in [1.82, 2.24) is 0 Å². The van der Waals surface area contributed by atoms with Gasteiger partial charge in [-0.25, -0.2) is 0 Å². The summed E-state index contributed by atoms with van der Waals surface area (Å²) in [4.78, 5) is 0. The highest BCUT2D eigenvalue weighted by Gasteiger charge is 2.11. The van der Waals surface area contributed by atoms with Gasteiger partial charge in [-0.1, -0.05) is 43.4 Å². The molecule has 1 aliphatic carbocycles. The van der Waals surface area contributed by atoms with Crippen LogP contribution in [0.2, 0.25) is 0 Å². The molecule has 2 unspecified atom stereocenters. The summed E-state index contributed by atoms with van der Waals surface area (Å²) in [6.07, 6.45) is 14.1. The molecular weight excluding hydrogens is 146 g/mol. The third-order valence-corrected chi connectivity index (χ3v) is 2.27. The third-order valence-electron chi connectivity index (χ3n) is 2.27. The van der Waals surface area contributed by atoms with Gasteiger partial charge >= 0.3 is 0 Å². The van der Waals surface area contributed by atoms with Crippen molar-refractivity contribution in [2.75, 3.05) is 6.54 Å². The lowest BCUT2D eigenvalue weighted by Crippen LogP contribution is -2.08. The van der Waals surface area contributed by atoms with Gasteiger partial charge in [-0.2, -0.15) is 0 Å². The van der Waals surface area contributed by atoms with Crippen LogP contribution < -0.4 is 5.73 Å². The van der Waals surface area contributed by atoms with Crippen LogP contribution in [0, 0.1) is 11.8 Å². The summed E-state index contributed by atoms with van der Waals surface area (Å²) in [5.41, 5.74) is 5.36. The van der Waals surface area contributed by atoms with Crippen molar-refractivity contribution in [1.29, 1.82) is 0 Å². The molecule has 1 rings (SSSR count). The standard InChI is InChI=1S/C11H17N/c1-10-6-2-3-7-11(10)8-4-5-9-12/h2-7,10-11H,8-9,12H2,1H3/b5-4-. The summed E-state index contributed by atoms with van der Waals surface area (Å²) in [6.45, 7) is 2.90. The van der Waals surface area contributed by atoms with E-state index in [4.69, 9.17) is 5.73 Å². The molecule has 0 aromatic rings. The van der Waals surface area contributed by atoms with Crippen molar-refractivity contribution in [3.05, 3.63) is 36.5 Å². The molecule has 12 heavy (non-hydrogen) atoms. The largest absolute Gasteiger partial charge is 0.327 e. The normalized spacial score (nSPS) is 28.5. The summed E-state index contributed by atoms with van der Waals surface area (Å²) in [5.74, 6) is 1.33. The zero-order valence-corrected chi connectivity index (χ0v) is 7.61. The van der Waals surface area contributed by atoms with Crippen LogP contribution in [0.5, 0.6) is 0 Å². The molecule has 0 heterocycles. The Kier molecular flexibility index (Phi) is 3.81. The van der Waals surface area contributed by atoms with Crippen LogP contribution in [0.25, 0.3) is 0 Å². The van der Waals surface area contributed by atoms with E-state index in [0.717, 1.165) is 6.42 Å². The number of rotatable bonds is 3. The van der Waals surface area contributed by atoms with Gasteiger partial charge in [0.2, 0.25) is 0 Å². The van der Waals surface area contributed by atoms with Gasteiger partial charge in [0.25, 0.3) is 0 Å². The molecular formula is C11H17N. The summed E-state index contributed by atoms with van der Waals surface area (Å²) in [6, 6.07) is 0. The molecule has 0 radical (unpaired) electrons. The van der Waals surface area contributed by atoms with E-state index in [-0.39, 0.29) is 0 Å². The van der Waals surface area contributed by atoms with Crippen LogP contribution in [-0.2, 0) is 0 Å². The second-order valence-corrected chi connectivity index (χ2v) is 3.24. The van der Waals surface area contributed by atoms with E-state index in [1.165, 1.54) is 0 Å². The molecule has 0 saturated heterocycles. The Labute approximate surface area is 74.7 Å². The van der Waals surface area contributed by atoms with Gasteiger partial charge in [-0.05, 0) is 18.3 Å². The second kappa shape index (κ2) is 4.94. The Morgan fingerprint density at radius 3 is 2.67 bits per heavy atom. The first-order valence-electron chi connectivity index (χ1n) is 4.54. The Bertz CT molecular complexity index is 201. The minimum Gasteiger partial charge on any atom is -0.327 e. The van der Waals surface area contributed by atoms with Crippen LogP contribution in [0.4, 0.5) is 0 Å². The lowest BCUT2D eigenvalue weighted by atomic mass is 9.87. The van der Waals surface area contributed by atoms with Crippen molar-refractivity contribution in [2.45, 2.75) is 13.3 Å². The minimum absolute atomic E-state index is 0.653. The van der Waals surface area contributed by atoms with E-state index < -0.39 is 0 Å². The van der Waals surface area contributed by atoms with Gasteiger partial charge < -0.3 is 5.73 Å². The maximum Gasteiger partial charge on any atom is 0.0106 e. The predicted octanol–water partition coefficient (Wildman–Crippen LogP) is 2.27. The van der Waals surface area contributed by atoms with E-state index in [2.05, 4.69) is 37.3 Å². The van der Waals surface area contributed by atoms with Crippen LogP contribution in [-0.4, -0.2) is 6.54 Å². The van der Waals surface area contributed by atoms with E-state index >= 15 is 0 Å². The monoisotopic (exact) mass is 163 g/mol. The number of nitrogens with two attached hydrogens (primary N) is 1. The van der Waals surface area contributed by atoms with Crippen molar-refractivity contribution in [3.8, 4) is 0 Å². The summed E-state index contributed by atoms with van der Waals surface area (Å²) >= 11 is 0. The fourth-order valence-corrected chi connectivity index (χ4v) is 1.41. The SMILES string of the molecule is CC1C=CC=CC1C/C=C\CN. The molecule has 2 N–H and O–H groups in total. The van der Waals surface area contributed by atoms with E-state index in [9.17, 15) is 0 Å². The first-order chi connectivity index (χ1) is 5.84. The van der Waals surface area contributed by atoms with E-state index in [1.807, 2.05) is 6.08 Å². The number of allylic oxidation sites excluding steroid dienone is 5. The van der Waals surface area contributed by atoms with Crippen LogP contribution in [0.1, 0.15) is 13.3 Å². The number of hydrogen-bond donors (Lipinski definition) is 1. The van der Waals surface area contributed by atoms with Crippen LogP contribution in [0.3, 0.4) is 0 Å².